The fraction of sp³-hybridized carbons (Fsp3) is 0.474. The molecule has 0 saturated carbocycles. The van der Waals surface area contributed by atoms with Gasteiger partial charge in [0.05, 0.1) is 22.1 Å². The zero-order valence-corrected chi connectivity index (χ0v) is 15.4. The Hall–Kier alpha value is -1.88. The third-order valence-corrected chi connectivity index (χ3v) is 5.33. The van der Waals surface area contributed by atoms with Crippen LogP contribution in [0.5, 0.6) is 0 Å². The molecule has 0 fully saturated rings. The molecular formula is C19H25N3OS. The molecule has 2 aromatic rings. The molecule has 1 unspecified atom stereocenters. The number of hydrogen-bond donors (Lipinski definition) is 1. The summed E-state index contributed by atoms with van der Waals surface area (Å²) in [6.07, 6.45) is 2.29. The van der Waals surface area contributed by atoms with Gasteiger partial charge in [-0.1, -0.05) is 26.0 Å². The SMILES string of the molecule is Cc1nc(CCCC(=O)N2CC(C(C)C)Nc3ccccc32)cs1. The summed E-state index contributed by atoms with van der Waals surface area (Å²) >= 11 is 1.67. The largest absolute Gasteiger partial charge is 0.379 e. The number of benzene rings is 1. The minimum absolute atomic E-state index is 0.210. The molecule has 4 nitrogen and oxygen atoms in total. The van der Waals surface area contributed by atoms with Crippen LogP contribution in [0, 0.1) is 12.8 Å². The van der Waals surface area contributed by atoms with Gasteiger partial charge in [-0.05, 0) is 37.8 Å². The Kier molecular flexibility index (Phi) is 5.19. The Bertz CT molecular complexity index is 710. The highest BCUT2D eigenvalue weighted by Gasteiger charge is 2.28. The number of hydrogen-bond acceptors (Lipinski definition) is 4. The molecule has 0 aliphatic carbocycles. The summed E-state index contributed by atoms with van der Waals surface area (Å²) in [5.74, 6) is 0.688. The van der Waals surface area contributed by atoms with E-state index in [0.29, 0.717) is 18.4 Å². The number of carbonyl (C=O) groups excluding carboxylic acids is 1. The number of anilines is 2. The highest BCUT2D eigenvalue weighted by Crippen LogP contribution is 2.32. The zero-order valence-electron chi connectivity index (χ0n) is 14.6. The van der Waals surface area contributed by atoms with Gasteiger partial charge in [-0.2, -0.15) is 0 Å². The highest BCUT2D eigenvalue weighted by atomic mass is 32.1. The number of nitrogens with zero attached hydrogens (tertiary/aromatic N) is 2. The number of rotatable bonds is 5. The molecule has 24 heavy (non-hydrogen) atoms. The lowest BCUT2D eigenvalue weighted by atomic mass is 9.99. The Labute approximate surface area is 147 Å². The number of nitrogens with one attached hydrogen (secondary N) is 1. The first-order valence-corrected chi connectivity index (χ1v) is 9.49. The molecule has 1 aliphatic rings. The van der Waals surface area contributed by atoms with Crippen LogP contribution in [0.3, 0.4) is 0 Å². The van der Waals surface area contributed by atoms with Crippen molar-refractivity contribution >= 4 is 28.6 Å². The van der Waals surface area contributed by atoms with Gasteiger partial charge in [0.2, 0.25) is 5.91 Å². The minimum Gasteiger partial charge on any atom is -0.379 e. The van der Waals surface area contributed by atoms with Crippen molar-refractivity contribution in [3.05, 3.63) is 40.3 Å². The second kappa shape index (κ2) is 7.34. The van der Waals surface area contributed by atoms with Gasteiger partial charge in [0.1, 0.15) is 0 Å². The topological polar surface area (TPSA) is 45.2 Å². The van der Waals surface area contributed by atoms with Gasteiger partial charge in [0.15, 0.2) is 0 Å². The van der Waals surface area contributed by atoms with Crippen LogP contribution in [0.1, 0.15) is 37.4 Å². The van der Waals surface area contributed by atoms with Crippen molar-refractivity contribution in [3.63, 3.8) is 0 Å². The first-order valence-electron chi connectivity index (χ1n) is 8.61. The van der Waals surface area contributed by atoms with Gasteiger partial charge < -0.3 is 10.2 Å². The molecule has 1 aromatic heterocycles. The van der Waals surface area contributed by atoms with Gasteiger partial charge in [-0.25, -0.2) is 4.98 Å². The van der Waals surface area contributed by atoms with Crippen molar-refractivity contribution in [2.24, 2.45) is 5.92 Å². The first kappa shape index (κ1) is 17.0. The van der Waals surface area contributed by atoms with E-state index in [4.69, 9.17) is 0 Å². The third-order valence-electron chi connectivity index (χ3n) is 4.51. The average molecular weight is 343 g/mol. The van der Waals surface area contributed by atoms with E-state index in [-0.39, 0.29) is 5.91 Å². The van der Waals surface area contributed by atoms with E-state index in [9.17, 15) is 4.79 Å². The number of carbonyl (C=O) groups is 1. The van der Waals surface area contributed by atoms with Crippen molar-refractivity contribution in [2.75, 3.05) is 16.8 Å². The molecule has 0 bridgehead atoms. The predicted octanol–water partition coefficient (Wildman–Crippen LogP) is 4.26. The molecule has 3 rings (SSSR count). The second-order valence-corrected chi connectivity index (χ2v) is 7.79. The number of thiazole rings is 1. The van der Waals surface area contributed by atoms with Crippen molar-refractivity contribution in [2.45, 2.75) is 46.1 Å². The molecule has 0 spiro atoms. The maximum atomic E-state index is 12.8. The summed E-state index contributed by atoms with van der Waals surface area (Å²) in [6, 6.07) is 8.39. The first-order chi connectivity index (χ1) is 11.5. The molecule has 1 N–H and O–H groups in total. The van der Waals surface area contributed by atoms with Crippen LogP contribution in [0.4, 0.5) is 11.4 Å². The molecule has 0 saturated heterocycles. The smallest absolute Gasteiger partial charge is 0.227 e. The van der Waals surface area contributed by atoms with Gasteiger partial charge in [0.25, 0.3) is 0 Å². The van der Waals surface area contributed by atoms with Crippen LogP contribution in [0.2, 0.25) is 0 Å². The van der Waals surface area contributed by atoms with Gasteiger partial charge >= 0.3 is 0 Å². The molecule has 0 radical (unpaired) electrons. The molecule has 1 amide bonds. The summed E-state index contributed by atoms with van der Waals surface area (Å²) < 4.78 is 0. The summed E-state index contributed by atoms with van der Waals surface area (Å²) in [5.41, 5.74) is 3.17. The maximum absolute atomic E-state index is 12.8. The number of fused-ring (bicyclic) bond motifs is 1. The normalized spacial score (nSPS) is 16.8. The second-order valence-electron chi connectivity index (χ2n) is 6.73. The van der Waals surface area contributed by atoms with Crippen molar-refractivity contribution in [1.29, 1.82) is 0 Å². The molecule has 2 heterocycles. The van der Waals surface area contributed by atoms with Crippen molar-refractivity contribution in [1.82, 2.24) is 4.98 Å². The van der Waals surface area contributed by atoms with E-state index in [0.717, 1.165) is 41.5 Å². The van der Waals surface area contributed by atoms with Crippen molar-refractivity contribution < 1.29 is 4.79 Å². The fourth-order valence-electron chi connectivity index (χ4n) is 3.06. The zero-order chi connectivity index (χ0) is 17.1. The monoisotopic (exact) mass is 343 g/mol. The summed E-state index contributed by atoms with van der Waals surface area (Å²) in [5, 5.41) is 6.75. The molecule has 5 heteroatoms. The fourth-order valence-corrected chi connectivity index (χ4v) is 3.71. The van der Waals surface area contributed by atoms with Crippen LogP contribution in [-0.4, -0.2) is 23.5 Å². The van der Waals surface area contributed by atoms with Crippen LogP contribution < -0.4 is 10.2 Å². The van der Waals surface area contributed by atoms with Gasteiger partial charge in [-0.3, -0.25) is 4.79 Å². The Balaban J connectivity index is 1.66. The minimum atomic E-state index is 0.210. The molecular weight excluding hydrogens is 318 g/mol. The molecule has 1 aliphatic heterocycles. The lowest BCUT2D eigenvalue weighted by Gasteiger charge is -2.37. The van der Waals surface area contributed by atoms with Crippen LogP contribution in [-0.2, 0) is 11.2 Å². The summed E-state index contributed by atoms with van der Waals surface area (Å²) in [4.78, 5) is 19.2. The van der Waals surface area contributed by atoms with E-state index in [2.05, 4.69) is 35.6 Å². The molecule has 1 atom stereocenters. The van der Waals surface area contributed by atoms with E-state index >= 15 is 0 Å². The van der Waals surface area contributed by atoms with Crippen molar-refractivity contribution in [3.8, 4) is 0 Å². The highest BCUT2D eigenvalue weighted by molar-refractivity contribution is 7.09. The number of amides is 1. The Morgan fingerprint density at radius 1 is 1.42 bits per heavy atom. The number of para-hydroxylation sites is 2. The molecule has 128 valence electrons. The lowest BCUT2D eigenvalue weighted by Crippen LogP contribution is -2.47. The number of aromatic nitrogens is 1. The van der Waals surface area contributed by atoms with E-state index in [1.807, 2.05) is 30.0 Å². The summed E-state index contributed by atoms with van der Waals surface area (Å²) in [6.45, 7) is 7.14. The third kappa shape index (κ3) is 3.78. The van der Waals surface area contributed by atoms with E-state index in [1.54, 1.807) is 11.3 Å². The van der Waals surface area contributed by atoms with E-state index < -0.39 is 0 Å². The average Bonchev–Trinajstić information content (AvgIpc) is 2.99. The Morgan fingerprint density at radius 3 is 2.92 bits per heavy atom. The summed E-state index contributed by atoms with van der Waals surface area (Å²) in [7, 11) is 0. The molecule has 1 aromatic carbocycles. The van der Waals surface area contributed by atoms with Crippen LogP contribution >= 0.6 is 11.3 Å². The standard InChI is InChI=1S/C19H25N3OS/c1-13(2)17-11-22(18-9-5-4-8-16(18)21-17)19(23)10-6-7-15-12-24-14(3)20-15/h4-5,8-9,12-13,17,21H,6-7,10-11H2,1-3H3. The van der Waals surface area contributed by atoms with E-state index in [1.165, 1.54) is 0 Å². The number of aryl methyl sites for hydroxylation is 2. The lowest BCUT2D eigenvalue weighted by molar-refractivity contribution is -0.118. The maximum Gasteiger partial charge on any atom is 0.227 e. The Morgan fingerprint density at radius 2 is 2.21 bits per heavy atom. The quantitative estimate of drug-likeness (QED) is 0.882. The van der Waals surface area contributed by atoms with Gasteiger partial charge in [-0.15, -0.1) is 11.3 Å². The van der Waals surface area contributed by atoms with Crippen LogP contribution in [0.15, 0.2) is 29.6 Å². The van der Waals surface area contributed by atoms with Crippen LogP contribution in [0.25, 0.3) is 0 Å². The van der Waals surface area contributed by atoms with Gasteiger partial charge in [0, 0.05) is 24.4 Å². The predicted molar refractivity (Wildman–Crippen MR) is 101 cm³/mol.